The smallest absolute Gasteiger partial charge is 0.303 e. The van der Waals surface area contributed by atoms with Crippen molar-refractivity contribution in [1.82, 2.24) is 0 Å². The summed E-state index contributed by atoms with van der Waals surface area (Å²) in [6.07, 6.45) is -4.42. The molecule has 0 spiro atoms. The second kappa shape index (κ2) is 9.38. The Labute approximate surface area is 183 Å². The van der Waals surface area contributed by atoms with Gasteiger partial charge in [0.2, 0.25) is 5.60 Å². The number of aliphatic hydroxyl groups is 1. The van der Waals surface area contributed by atoms with Gasteiger partial charge >= 0.3 is 11.9 Å². The fourth-order valence-corrected chi connectivity index (χ4v) is 5.16. The number of hydrogen-bond donors (Lipinski definition) is 1. The first-order valence-corrected chi connectivity index (χ1v) is 14.2. The molecule has 0 amide bonds. The van der Waals surface area contributed by atoms with Gasteiger partial charge in [0.1, 0.15) is 12.2 Å². The molecule has 2 aliphatic rings. The lowest BCUT2D eigenvalue weighted by molar-refractivity contribution is -0.381. The Hall–Kier alpha value is -1.78. The van der Waals surface area contributed by atoms with Crippen LogP contribution < -0.4 is 0 Å². The van der Waals surface area contributed by atoms with Gasteiger partial charge in [-0.3, -0.25) is 9.59 Å². The van der Waals surface area contributed by atoms with Gasteiger partial charge in [-0.05, 0) is 6.42 Å². The first-order chi connectivity index (χ1) is 14.5. The number of hydrogen-bond acceptors (Lipinski definition) is 8. The lowest BCUT2D eigenvalue weighted by Crippen LogP contribution is -2.70. The van der Waals surface area contributed by atoms with Crippen molar-refractivity contribution in [3.05, 3.63) is 35.9 Å². The summed E-state index contributed by atoms with van der Waals surface area (Å²) in [5.41, 5.74) is -0.772. The van der Waals surface area contributed by atoms with E-state index in [1.54, 1.807) is 0 Å². The first kappa shape index (κ1) is 23.9. The Kier molecular flexibility index (Phi) is 7.22. The highest BCUT2D eigenvalue weighted by Crippen LogP contribution is 2.44. The fourth-order valence-electron chi connectivity index (χ4n) is 4.02. The normalized spacial score (nSPS) is 33.3. The van der Waals surface area contributed by atoms with Crippen LogP contribution in [0, 0.1) is 0 Å². The molecule has 1 N–H and O–H groups in total. The number of rotatable bonds is 6. The van der Waals surface area contributed by atoms with Crippen LogP contribution in [0.4, 0.5) is 0 Å². The van der Waals surface area contributed by atoms with Crippen molar-refractivity contribution in [2.45, 2.75) is 82.4 Å². The molecule has 2 aliphatic heterocycles. The van der Waals surface area contributed by atoms with Gasteiger partial charge in [0.25, 0.3) is 0 Å². The molecule has 172 valence electrons. The zero-order chi connectivity index (χ0) is 22.8. The SMILES string of the molecule is CC(=O)O[C@H]1[C@H]2OC(c3ccccc3)OC[C@H]2O[C@@H](O)[C@]1(CC[Si](C)(C)C)OC(C)=O. The molecule has 0 saturated carbocycles. The minimum absolute atomic E-state index is 0.128. The second-order valence-corrected chi connectivity index (χ2v) is 15.0. The molecule has 0 bridgehead atoms. The summed E-state index contributed by atoms with van der Waals surface area (Å²) in [6, 6.07) is 10.1. The van der Waals surface area contributed by atoms with Gasteiger partial charge in [0, 0.05) is 27.5 Å². The van der Waals surface area contributed by atoms with Crippen LogP contribution in [0.2, 0.25) is 25.7 Å². The first-order valence-electron chi connectivity index (χ1n) is 10.5. The van der Waals surface area contributed by atoms with Crippen LogP contribution in [-0.4, -0.2) is 61.9 Å². The van der Waals surface area contributed by atoms with Crippen molar-refractivity contribution in [3.63, 3.8) is 0 Å². The van der Waals surface area contributed by atoms with Gasteiger partial charge in [-0.2, -0.15) is 0 Å². The summed E-state index contributed by atoms with van der Waals surface area (Å²) in [6.45, 7) is 9.18. The highest BCUT2D eigenvalue weighted by atomic mass is 28.3. The Balaban J connectivity index is 1.98. The molecule has 9 heteroatoms. The van der Waals surface area contributed by atoms with E-state index >= 15 is 0 Å². The Bertz CT molecular complexity index is 779. The molecule has 31 heavy (non-hydrogen) atoms. The summed E-state index contributed by atoms with van der Waals surface area (Å²) < 4.78 is 29.2. The number of esters is 2. The van der Waals surface area contributed by atoms with E-state index in [1.165, 1.54) is 13.8 Å². The maximum Gasteiger partial charge on any atom is 0.303 e. The molecule has 2 heterocycles. The second-order valence-electron chi connectivity index (χ2n) is 9.34. The molecule has 3 rings (SSSR count). The summed E-state index contributed by atoms with van der Waals surface area (Å²) >= 11 is 0. The quantitative estimate of drug-likeness (QED) is 0.519. The van der Waals surface area contributed by atoms with Crippen LogP contribution in [0.3, 0.4) is 0 Å². The lowest BCUT2D eigenvalue weighted by Gasteiger charge is -2.53. The van der Waals surface area contributed by atoms with Gasteiger partial charge in [-0.25, -0.2) is 0 Å². The molecule has 1 unspecified atom stereocenters. The van der Waals surface area contributed by atoms with Crippen molar-refractivity contribution in [2.75, 3.05) is 6.61 Å². The molecular formula is C22H32O8Si. The molecule has 8 nitrogen and oxygen atoms in total. The van der Waals surface area contributed by atoms with Crippen LogP contribution in [0.5, 0.6) is 0 Å². The molecule has 2 fully saturated rings. The van der Waals surface area contributed by atoms with E-state index in [0.29, 0.717) is 6.04 Å². The topological polar surface area (TPSA) is 101 Å². The predicted octanol–water partition coefficient (Wildman–Crippen LogP) is 2.78. The minimum Gasteiger partial charge on any atom is -0.455 e. The van der Waals surface area contributed by atoms with Gasteiger partial charge < -0.3 is 28.8 Å². The number of ether oxygens (including phenoxy) is 5. The zero-order valence-electron chi connectivity index (χ0n) is 18.7. The molecule has 1 aromatic carbocycles. The van der Waals surface area contributed by atoms with Crippen LogP contribution in [-0.2, 0) is 33.3 Å². The third-order valence-electron chi connectivity index (χ3n) is 5.52. The highest BCUT2D eigenvalue weighted by Gasteiger charge is 2.62. The van der Waals surface area contributed by atoms with Crippen LogP contribution in [0.15, 0.2) is 30.3 Å². The Morgan fingerprint density at radius 2 is 1.81 bits per heavy atom. The van der Waals surface area contributed by atoms with Gasteiger partial charge in [0.15, 0.2) is 18.7 Å². The summed E-state index contributed by atoms with van der Waals surface area (Å²) in [7, 11) is -1.61. The third-order valence-corrected chi connectivity index (χ3v) is 7.27. The maximum atomic E-state index is 12.1. The summed E-state index contributed by atoms with van der Waals surface area (Å²) in [5.74, 6) is -1.16. The van der Waals surface area contributed by atoms with Crippen molar-refractivity contribution >= 4 is 20.0 Å². The number of aliphatic hydroxyl groups excluding tert-OH is 1. The van der Waals surface area contributed by atoms with E-state index in [0.717, 1.165) is 5.56 Å². The van der Waals surface area contributed by atoms with Gasteiger partial charge in [-0.1, -0.05) is 56.0 Å². The van der Waals surface area contributed by atoms with Crippen LogP contribution >= 0.6 is 0 Å². The average molecular weight is 453 g/mol. The van der Waals surface area contributed by atoms with E-state index in [-0.39, 0.29) is 13.0 Å². The van der Waals surface area contributed by atoms with Crippen LogP contribution in [0.1, 0.15) is 32.1 Å². The molecular weight excluding hydrogens is 420 g/mol. The number of carbonyl (C=O) groups is 2. The van der Waals surface area contributed by atoms with E-state index < -0.39 is 56.5 Å². The maximum absolute atomic E-state index is 12.1. The molecule has 0 aromatic heterocycles. The van der Waals surface area contributed by atoms with Gasteiger partial charge in [0.05, 0.1) is 6.61 Å². The molecule has 0 radical (unpaired) electrons. The van der Waals surface area contributed by atoms with E-state index in [9.17, 15) is 14.7 Å². The van der Waals surface area contributed by atoms with E-state index in [2.05, 4.69) is 19.6 Å². The third kappa shape index (κ3) is 5.53. The van der Waals surface area contributed by atoms with E-state index in [4.69, 9.17) is 23.7 Å². The van der Waals surface area contributed by atoms with Crippen molar-refractivity contribution in [3.8, 4) is 0 Å². The predicted molar refractivity (Wildman–Crippen MR) is 114 cm³/mol. The van der Waals surface area contributed by atoms with Crippen molar-refractivity contribution in [2.24, 2.45) is 0 Å². The van der Waals surface area contributed by atoms with Gasteiger partial charge in [-0.15, -0.1) is 0 Å². The largest absolute Gasteiger partial charge is 0.455 e. The number of fused-ring (bicyclic) bond motifs is 1. The Morgan fingerprint density at radius 1 is 1.13 bits per heavy atom. The molecule has 6 atom stereocenters. The molecule has 0 aliphatic carbocycles. The minimum atomic E-state index is -1.61. The number of benzene rings is 1. The van der Waals surface area contributed by atoms with E-state index in [1.807, 2.05) is 30.3 Å². The summed E-state index contributed by atoms with van der Waals surface area (Å²) in [5, 5.41) is 11.0. The lowest BCUT2D eigenvalue weighted by atomic mass is 9.83. The summed E-state index contributed by atoms with van der Waals surface area (Å²) in [4.78, 5) is 24.1. The fraction of sp³-hybridized carbons (Fsp3) is 0.636. The Morgan fingerprint density at radius 3 is 2.39 bits per heavy atom. The van der Waals surface area contributed by atoms with Crippen LogP contribution in [0.25, 0.3) is 0 Å². The highest BCUT2D eigenvalue weighted by molar-refractivity contribution is 6.76. The number of carbonyl (C=O) groups excluding carboxylic acids is 2. The monoisotopic (exact) mass is 452 g/mol. The standard InChI is InChI=1S/C22H32O8Si/c1-14(23)27-19-18-17(13-26-20(29-18)16-9-7-6-8-10-16)28-21(25)22(19,30-15(2)24)11-12-31(3,4)5/h6-10,17-21,25H,11-13H2,1-5H3/t17-,18+,19+,20?,21-,22-/m1/s1. The van der Waals surface area contributed by atoms with Crippen molar-refractivity contribution < 1.29 is 38.4 Å². The molecule has 2 saturated heterocycles. The van der Waals surface area contributed by atoms with Crippen molar-refractivity contribution in [1.29, 1.82) is 0 Å². The zero-order valence-corrected chi connectivity index (χ0v) is 19.7. The molecule has 1 aromatic rings. The average Bonchev–Trinajstić information content (AvgIpc) is 2.69.